The van der Waals surface area contributed by atoms with Gasteiger partial charge in [-0.25, -0.2) is 9.97 Å². The highest BCUT2D eigenvalue weighted by Gasteiger charge is 1.98. The minimum atomic E-state index is 0.205. The third-order valence-electron chi connectivity index (χ3n) is 1.71. The van der Waals surface area contributed by atoms with Gasteiger partial charge in [0.2, 0.25) is 0 Å². The average molecular weight is 175 g/mol. The summed E-state index contributed by atoms with van der Waals surface area (Å²) in [4.78, 5) is 8.15. The number of nitrogens with zero attached hydrogens (tertiary/aromatic N) is 3. The van der Waals surface area contributed by atoms with E-state index in [2.05, 4.69) is 9.97 Å². The quantitative estimate of drug-likeness (QED) is 0.710. The van der Waals surface area contributed by atoms with E-state index in [1.165, 1.54) is 6.07 Å². The lowest BCUT2D eigenvalue weighted by Gasteiger charge is -1.99. The molecule has 0 unspecified atom stereocenters. The van der Waals surface area contributed by atoms with Gasteiger partial charge in [-0.15, -0.1) is 0 Å². The maximum atomic E-state index is 9.21. The molecule has 2 aromatic rings. The summed E-state index contributed by atoms with van der Waals surface area (Å²) in [5.41, 5.74) is 0.921. The molecule has 1 N–H and O–H groups in total. The lowest BCUT2D eigenvalue weighted by atomic mass is 10.4. The first kappa shape index (κ1) is 7.79. The molecule has 2 rings (SSSR count). The molecule has 0 spiro atoms. The smallest absolute Gasteiger partial charge is 0.141 e. The zero-order chi connectivity index (χ0) is 9.26. The van der Waals surface area contributed by atoms with Crippen molar-refractivity contribution in [3.63, 3.8) is 0 Å². The second-order valence-electron chi connectivity index (χ2n) is 2.79. The van der Waals surface area contributed by atoms with Gasteiger partial charge in [0.1, 0.15) is 17.9 Å². The Labute approximate surface area is 75.5 Å². The van der Waals surface area contributed by atoms with Gasteiger partial charge in [0.25, 0.3) is 0 Å². The molecule has 66 valence electrons. The molecule has 0 fully saturated rings. The van der Waals surface area contributed by atoms with E-state index in [0.29, 0.717) is 5.82 Å². The van der Waals surface area contributed by atoms with Gasteiger partial charge < -0.3 is 5.11 Å². The molecule has 2 heterocycles. The molecule has 4 heteroatoms. The van der Waals surface area contributed by atoms with Gasteiger partial charge in [-0.3, -0.25) is 4.57 Å². The topological polar surface area (TPSA) is 50.9 Å². The van der Waals surface area contributed by atoms with Crippen molar-refractivity contribution in [2.75, 3.05) is 0 Å². The summed E-state index contributed by atoms with van der Waals surface area (Å²) >= 11 is 0. The maximum Gasteiger partial charge on any atom is 0.141 e. The largest absolute Gasteiger partial charge is 0.508 e. The Morgan fingerprint density at radius 1 is 1.38 bits per heavy atom. The third-order valence-corrected chi connectivity index (χ3v) is 1.71. The van der Waals surface area contributed by atoms with Gasteiger partial charge in [-0.2, -0.15) is 0 Å². The Morgan fingerprint density at radius 2 is 2.23 bits per heavy atom. The molecule has 0 aliphatic carbocycles. The van der Waals surface area contributed by atoms with Gasteiger partial charge in [0, 0.05) is 18.5 Å². The minimum Gasteiger partial charge on any atom is -0.508 e. The van der Waals surface area contributed by atoms with Crippen LogP contribution in [-0.4, -0.2) is 19.6 Å². The van der Waals surface area contributed by atoms with Crippen LogP contribution in [-0.2, 0) is 0 Å². The summed E-state index contributed by atoms with van der Waals surface area (Å²) in [5.74, 6) is 0.872. The van der Waals surface area contributed by atoms with Crippen molar-refractivity contribution in [1.82, 2.24) is 14.5 Å². The van der Waals surface area contributed by atoms with Crippen molar-refractivity contribution in [3.8, 4) is 11.6 Å². The maximum absolute atomic E-state index is 9.21. The van der Waals surface area contributed by atoms with Crippen molar-refractivity contribution < 1.29 is 5.11 Å². The number of aryl methyl sites for hydroxylation is 1. The van der Waals surface area contributed by atoms with Gasteiger partial charge >= 0.3 is 0 Å². The third kappa shape index (κ3) is 1.51. The fourth-order valence-electron chi connectivity index (χ4n) is 1.10. The molecule has 0 aliphatic rings. The first-order valence-corrected chi connectivity index (χ1v) is 3.92. The first-order valence-electron chi connectivity index (χ1n) is 3.92. The number of imidazole rings is 1. The van der Waals surface area contributed by atoms with Crippen LogP contribution in [0.25, 0.3) is 5.82 Å². The van der Waals surface area contributed by atoms with Crippen LogP contribution >= 0.6 is 0 Å². The van der Waals surface area contributed by atoms with Gasteiger partial charge in [0.05, 0.1) is 5.69 Å². The zero-order valence-electron chi connectivity index (χ0n) is 7.18. The molecule has 0 saturated carbocycles. The highest BCUT2D eigenvalue weighted by Crippen LogP contribution is 2.11. The molecule has 13 heavy (non-hydrogen) atoms. The highest BCUT2D eigenvalue weighted by molar-refractivity contribution is 5.31. The standard InChI is InChI=1S/C9H9N3O/c1-7-5-12(6-11-7)9-4-8(13)2-3-10-9/h2-6H,1H3,(H,10,13). The van der Waals surface area contributed by atoms with Gasteiger partial charge in [0.15, 0.2) is 0 Å². The summed E-state index contributed by atoms with van der Waals surface area (Å²) in [7, 11) is 0. The summed E-state index contributed by atoms with van der Waals surface area (Å²) in [5, 5.41) is 9.21. The number of hydrogen-bond acceptors (Lipinski definition) is 3. The van der Waals surface area contributed by atoms with Crippen molar-refractivity contribution in [2.45, 2.75) is 6.92 Å². The SMILES string of the molecule is Cc1cn(-c2cc(O)ccn2)cn1. The van der Waals surface area contributed by atoms with Gasteiger partial charge in [-0.05, 0) is 13.0 Å². The zero-order valence-corrected chi connectivity index (χ0v) is 7.18. The molecule has 0 radical (unpaired) electrons. The van der Waals surface area contributed by atoms with Crippen LogP contribution in [0, 0.1) is 6.92 Å². The van der Waals surface area contributed by atoms with E-state index >= 15 is 0 Å². The van der Waals surface area contributed by atoms with E-state index in [-0.39, 0.29) is 5.75 Å². The van der Waals surface area contributed by atoms with Crippen LogP contribution in [0.15, 0.2) is 30.9 Å². The Hall–Kier alpha value is -1.84. The van der Waals surface area contributed by atoms with Crippen molar-refractivity contribution in [3.05, 3.63) is 36.5 Å². The summed E-state index contributed by atoms with van der Waals surface area (Å²) in [6.45, 7) is 1.90. The number of rotatable bonds is 1. The van der Waals surface area contributed by atoms with E-state index in [4.69, 9.17) is 0 Å². The molecule has 0 atom stereocenters. The number of hydrogen-bond donors (Lipinski definition) is 1. The van der Waals surface area contributed by atoms with Crippen LogP contribution in [0.4, 0.5) is 0 Å². The normalized spacial score (nSPS) is 10.2. The molecular weight excluding hydrogens is 166 g/mol. The van der Waals surface area contributed by atoms with E-state index < -0.39 is 0 Å². The number of aromatic hydroxyl groups is 1. The number of pyridine rings is 1. The van der Waals surface area contributed by atoms with Crippen LogP contribution in [0.1, 0.15) is 5.69 Å². The van der Waals surface area contributed by atoms with Crippen LogP contribution in [0.5, 0.6) is 5.75 Å². The predicted molar refractivity (Wildman–Crippen MR) is 47.8 cm³/mol. The minimum absolute atomic E-state index is 0.205. The highest BCUT2D eigenvalue weighted by atomic mass is 16.3. The monoisotopic (exact) mass is 175 g/mol. The Morgan fingerprint density at radius 3 is 2.85 bits per heavy atom. The van der Waals surface area contributed by atoms with Crippen molar-refractivity contribution in [2.24, 2.45) is 0 Å². The van der Waals surface area contributed by atoms with Crippen LogP contribution < -0.4 is 0 Å². The molecule has 0 saturated heterocycles. The molecule has 0 aliphatic heterocycles. The molecule has 0 bridgehead atoms. The molecule has 0 amide bonds. The second kappa shape index (κ2) is 2.90. The Bertz CT molecular complexity index is 422. The van der Waals surface area contributed by atoms with E-state index in [9.17, 15) is 5.11 Å². The van der Waals surface area contributed by atoms with Crippen molar-refractivity contribution >= 4 is 0 Å². The van der Waals surface area contributed by atoms with Crippen molar-refractivity contribution in [1.29, 1.82) is 0 Å². The second-order valence-corrected chi connectivity index (χ2v) is 2.79. The molecule has 0 aromatic carbocycles. The van der Waals surface area contributed by atoms with E-state index in [1.807, 2.05) is 13.1 Å². The first-order chi connectivity index (χ1) is 6.25. The Balaban J connectivity index is 2.46. The molecule has 4 nitrogen and oxygen atoms in total. The average Bonchev–Trinajstić information content (AvgIpc) is 2.52. The molecule has 2 aromatic heterocycles. The predicted octanol–water partition coefficient (Wildman–Crippen LogP) is 1.28. The van der Waals surface area contributed by atoms with E-state index in [0.717, 1.165) is 5.69 Å². The fraction of sp³-hybridized carbons (Fsp3) is 0.111. The lowest BCUT2D eigenvalue weighted by Crippen LogP contribution is -1.92. The van der Waals surface area contributed by atoms with Gasteiger partial charge in [-0.1, -0.05) is 0 Å². The fourth-order valence-corrected chi connectivity index (χ4v) is 1.10. The molecular formula is C9H9N3O. The van der Waals surface area contributed by atoms with Crippen LogP contribution in [0.3, 0.4) is 0 Å². The van der Waals surface area contributed by atoms with Crippen LogP contribution in [0.2, 0.25) is 0 Å². The summed E-state index contributed by atoms with van der Waals surface area (Å²) < 4.78 is 1.76. The summed E-state index contributed by atoms with van der Waals surface area (Å²) in [6.07, 6.45) is 5.07. The number of aromatic nitrogens is 3. The van der Waals surface area contributed by atoms with E-state index in [1.54, 1.807) is 23.2 Å². The Kier molecular flexibility index (Phi) is 1.73. The lowest BCUT2D eigenvalue weighted by molar-refractivity contribution is 0.474. The summed E-state index contributed by atoms with van der Waals surface area (Å²) in [6, 6.07) is 3.12.